The van der Waals surface area contributed by atoms with Gasteiger partial charge >= 0.3 is 5.97 Å². The van der Waals surface area contributed by atoms with E-state index in [9.17, 15) is 4.79 Å². The molecule has 1 aromatic carbocycles. The normalized spacial score (nSPS) is 18.2. The number of benzene rings is 1. The summed E-state index contributed by atoms with van der Waals surface area (Å²) in [5.74, 6) is -0.218. The summed E-state index contributed by atoms with van der Waals surface area (Å²) >= 11 is 12.0. The lowest BCUT2D eigenvalue weighted by atomic mass is 10.1. The topological polar surface area (TPSA) is 32.8 Å². The molecule has 0 N–H and O–H groups in total. The van der Waals surface area contributed by atoms with E-state index in [1.807, 2.05) is 25.1 Å². The van der Waals surface area contributed by atoms with Gasteiger partial charge in [0, 0.05) is 39.3 Å². The van der Waals surface area contributed by atoms with Gasteiger partial charge in [-0.25, -0.2) is 0 Å². The number of rotatable bonds is 5. The standard InChI is InChI=1S/C16H22Cl2N2O2/c1-12(16(21)22-2)10-19-5-7-20(8-6-19)11-13-3-4-14(17)15(18)9-13/h3-4,9,12H,5-8,10-11H2,1-2H3. The van der Waals surface area contributed by atoms with Gasteiger partial charge in [-0.15, -0.1) is 0 Å². The molecule has 4 nitrogen and oxygen atoms in total. The van der Waals surface area contributed by atoms with Crippen LogP contribution >= 0.6 is 23.2 Å². The number of carbonyl (C=O) groups excluding carboxylic acids is 1. The van der Waals surface area contributed by atoms with Gasteiger partial charge in [0.15, 0.2) is 0 Å². The first kappa shape index (κ1) is 17.5. The minimum absolute atomic E-state index is 0.0772. The third-order valence-electron chi connectivity index (χ3n) is 3.99. The maximum atomic E-state index is 11.5. The van der Waals surface area contributed by atoms with Crippen molar-refractivity contribution in [2.24, 2.45) is 5.92 Å². The molecular formula is C16H22Cl2N2O2. The molecule has 6 heteroatoms. The summed E-state index contributed by atoms with van der Waals surface area (Å²) in [5, 5.41) is 1.19. The van der Waals surface area contributed by atoms with Gasteiger partial charge in [0.05, 0.1) is 23.1 Å². The minimum Gasteiger partial charge on any atom is -0.469 e. The van der Waals surface area contributed by atoms with E-state index >= 15 is 0 Å². The molecule has 0 spiro atoms. The molecule has 1 heterocycles. The van der Waals surface area contributed by atoms with Crippen molar-refractivity contribution in [3.8, 4) is 0 Å². The van der Waals surface area contributed by atoms with Crippen LogP contribution in [0.5, 0.6) is 0 Å². The van der Waals surface area contributed by atoms with Crippen LogP contribution in [0.3, 0.4) is 0 Å². The molecule has 1 aliphatic heterocycles. The summed E-state index contributed by atoms with van der Waals surface area (Å²) in [6, 6.07) is 5.78. The number of esters is 1. The summed E-state index contributed by atoms with van der Waals surface area (Å²) in [5.41, 5.74) is 1.17. The van der Waals surface area contributed by atoms with E-state index in [2.05, 4.69) is 9.80 Å². The monoisotopic (exact) mass is 344 g/mol. The highest BCUT2D eigenvalue weighted by atomic mass is 35.5. The van der Waals surface area contributed by atoms with Crippen molar-refractivity contribution in [3.63, 3.8) is 0 Å². The van der Waals surface area contributed by atoms with E-state index in [1.165, 1.54) is 12.7 Å². The lowest BCUT2D eigenvalue weighted by Crippen LogP contribution is -2.47. The second kappa shape index (κ2) is 8.16. The first-order valence-corrected chi connectivity index (χ1v) is 8.21. The number of halogens is 2. The van der Waals surface area contributed by atoms with Crippen LogP contribution in [0.1, 0.15) is 12.5 Å². The second-order valence-corrected chi connectivity index (χ2v) is 6.56. The molecule has 2 rings (SSSR count). The van der Waals surface area contributed by atoms with E-state index in [-0.39, 0.29) is 11.9 Å². The Morgan fingerprint density at radius 1 is 1.18 bits per heavy atom. The predicted octanol–water partition coefficient (Wildman–Crippen LogP) is 2.92. The maximum absolute atomic E-state index is 11.5. The molecule has 1 fully saturated rings. The van der Waals surface area contributed by atoms with Gasteiger partial charge in [-0.2, -0.15) is 0 Å². The first-order valence-electron chi connectivity index (χ1n) is 7.46. The van der Waals surface area contributed by atoms with Crippen molar-refractivity contribution in [2.45, 2.75) is 13.5 Å². The number of hydrogen-bond donors (Lipinski definition) is 0. The number of nitrogens with zero attached hydrogens (tertiary/aromatic N) is 2. The van der Waals surface area contributed by atoms with Crippen LogP contribution < -0.4 is 0 Å². The Labute approximate surface area is 141 Å². The third kappa shape index (κ3) is 4.85. The van der Waals surface area contributed by atoms with Crippen molar-refractivity contribution in [1.29, 1.82) is 0 Å². The number of piperazine rings is 1. The van der Waals surface area contributed by atoms with Gasteiger partial charge in [0.25, 0.3) is 0 Å². The molecule has 0 saturated carbocycles. The van der Waals surface area contributed by atoms with Crippen molar-refractivity contribution in [1.82, 2.24) is 9.80 Å². The SMILES string of the molecule is COC(=O)C(C)CN1CCN(Cc2ccc(Cl)c(Cl)c2)CC1. The van der Waals surface area contributed by atoms with E-state index in [1.54, 1.807) is 0 Å². The number of methoxy groups -OCH3 is 1. The number of hydrogen-bond acceptors (Lipinski definition) is 4. The Balaban J connectivity index is 1.79. The van der Waals surface area contributed by atoms with Crippen molar-refractivity contribution < 1.29 is 9.53 Å². The van der Waals surface area contributed by atoms with E-state index in [4.69, 9.17) is 27.9 Å². The molecular weight excluding hydrogens is 323 g/mol. The zero-order valence-electron chi connectivity index (χ0n) is 13.0. The quantitative estimate of drug-likeness (QED) is 0.769. The summed E-state index contributed by atoms with van der Waals surface area (Å²) in [6.07, 6.45) is 0. The fourth-order valence-corrected chi connectivity index (χ4v) is 3.01. The van der Waals surface area contributed by atoms with Crippen LogP contribution in [-0.4, -0.2) is 55.6 Å². The van der Waals surface area contributed by atoms with Gasteiger partial charge in [-0.1, -0.05) is 36.2 Å². The van der Waals surface area contributed by atoms with Crippen molar-refractivity contribution in [3.05, 3.63) is 33.8 Å². The summed E-state index contributed by atoms with van der Waals surface area (Å²) in [6.45, 7) is 7.42. The lowest BCUT2D eigenvalue weighted by Gasteiger charge is -2.35. The van der Waals surface area contributed by atoms with E-state index in [0.717, 1.165) is 39.3 Å². The minimum atomic E-state index is -0.141. The van der Waals surface area contributed by atoms with Gasteiger partial charge in [0.1, 0.15) is 0 Å². The van der Waals surface area contributed by atoms with Crippen LogP contribution in [0.25, 0.3) is 0 Å². The Morgan fingerprint density at radius 3 is 2.41 bits per heavy atom. The summed E-state index contributed by atoms with van der Waals surface area (Å²) in [7, 11) is 1.44. The summed E-state index contributed by atoms with van der Waals surface area (Å²) < 4.78 is 4.78. The Kier molecular flexibility index (Phi) is 6.50. The average Bonchev–Trinajstić information content (AvgIpc) is 2.52. The van der Waals surface area contributed by atoms with Crippen LogP contribution in [-0.2, 0) is 16.1 Å². The molecule has 0 aromatic heterocycles. The average molecular weight is 345 g/mol. The first-order chi connectivity index (χ1) is 10.5. The zero-order chi connectivity index (χ0) is 16.1. The Bertz CT molecular complexity index is 517. The fourth-order valence-electron chi connectivity index (χ4n) is 2.69. The highest BCUT2D eigenvalue weighted by Crippen LogP contribution is 2.23. The molecule has 0 amide bonds. The number of ether oxygens (including phenoxy) is 1. The van der Waals surface area contributed by atoms with E-state index in [0.29, 0.717) is 10.0 Å². The number of carbonyl (C=O) groups is 1. The second-order valence-electron chi connectivity index (χ2n) is 5.75. The lowest BCUT2D eigenvalue weighted by molar-refractivity contribution is -0.145. The Hall–Kier alpha value is -0.810. The fraction of sp³-hybridized carbons (Fsp3) is 0.562. The Morgan fingerprint density at radius 2 is 1.82 bits per heavy atom. The molecule has 22 heavy (non-hydrogen) atoms. The van der Waals surface area contributed by atoms with Crippen molar-refractivity contribution in [2.75, 3.05) is 39.8 Å². The molecule has 1 unspecified atom stereocenters. The highest BCUT2D eigenvalue weighted by molar-refractivity contribution is 6.42. The van der Waals surface area contributed by atoms with Crippen LogP contribution in [0.4, 0.5) is 0 Å². The maximum Gasteiger partial charge on any atom is 0.309 e. The summed E-state index contributed by atoms with van der Waals surface area (Å²) in [4.78, 5) is 16.2. The largest absolute Gasteiger partial charge is 0.469 e. The molecule has 1 aliphatic rings. The molecule has 0 radical (unpaired) electrons. The van der Waals surface area contributed by atoms with Crippen LogP contribution in [0, 0.1) is 5.92 Å². The zero-order valence-corrected chi connectivity index (χ0v) is 14.5. The van der Waals surface area contributed by atoms with Gasteiger partial charge in [-0.05, 0) is 17.7 Å². The smallest absolute Gasteiger partial charge is 0.309 e. The molecule has 122 valence electrons. The molecule has 0 bridgehead atoms. The molecule has 1 saturated heterocycles. The highest BCUT2D eigenvalue weighted by Gasteiger charge is 2.22. The van der Waals surface area contributed by atoms with Crippen molar-refractivity contribution >= 4 is 29.2 Å². The van der Waals surface area contributed by atoms with E-state index < -0.39 is 0 Å². The van der Waals surface area contributed by atoms with Gasteiger partial charge < -0.3 is 4.74 Å². The van der Waals surface area contributed by atoms with Gasteiger partial charge in [-0.3, -0.25) is 14.6 Å². The van der Waals surface area contributed by atoms with Gasteiger partial charge in [0.2, 0.25) is 0 Å². The van der Waals surface area contributed by atoms with Crippen LogP contribution in [0.15, 0.2) is 18.2 Å². The third-order valence-corrected chi connectivity index (χ3v) is 4.73. The predicted molar refractivity (Wildman–Crippen MR) is 89.4 cm³/mol. The molecule has 1 atom stereocenters. The molecule has 1 aromatic rings. The van der Waals surface area contributed by atoms with Crippen LogP contribution in [0.2, 0.25) is 10.0 Å². The molecule has 0 aliphatic carbocycles.